The minimum absolute atomic E-state index is 0.228. The molecular formula is C19H18N2O3. The molecule has 0 aliphatic carbocycles. The lowest BCUT2D eigenvalue weighted by Crippen LogP contribution is -2.29. The van der Waals surface area contributed by atoms with Crippen molar-refractivity contribution in [2.24, 2.45) is 0 Å². The zero-order chi connectivity index (χ0) is 16.9. The number of hydrogen-bond donors (Lipinski definition) is 2. The molecule has 2 N–H and O–H groups in total. The Kier molecular flexibility index (Phi) is 4.61. The second-order valence-electron chi connectivity index (χ2n) is 5.53. The van der Waals surface area contributed by atoms with Crippen molar-refractivity contribution in [1.29, 1.82) is 0 Å². The highest BCUT2D eigenvalue weighted by atomic mass is 16.4. The number of rotatable bonds is 6. The van der Waals surface area contributed by atoms with Crippen LogP contribution in [0, 0.1) is 0 Å². The molecule has 0 aliphatic heterocycles. The average molecular weight is 322 g/mol. The number of para-hydroxylation sites is 1. The van der Waals surface area contributed by atoms with Gasteiger partial charge in [0.25, 0.3) is 0 Å². The van der Waals surface area contributed by atoms with Gasteiger partial charge < -0.3 is 15.0 Å². The largest absolute Gasteiger partial charge is 0.480 e. The molecule has 2 aromatic carbocycles. The molecule has 0 atom stereocenters. The Morgan fingerprint density at radius 3 is 2.46 bits per heavy atom. The van der Waals surface area contributed by atoms with E-state index in [1.54, 1.807) is 0 Å². The molecular weight excluding hydrogens is 304 g/mol. The summed E-state index contributed by atoms with van der Waals surface area (Å²) < 4.78 is 2.10. The van der Waals surface area contributed by atoms with Crippen molar-refractivity contribution in [3.63, 3.8) is 0 Å². The fraction of sp³-hybridized carbons (Fsp3) is 0.158. The first-order chi connectivity index (χ1) is 11.6. The molecule has 0 aliphatic rings. The maximum Gasteiger partial charge on any atom is 0.322 e. The van der Waals surface area contributed by atoms with E-state index >= 15 is 0 Å². The Morgan fingerprint density at radius 1 is 1.00 bits per heavy atom. The summed E-state index contributed by atoms with van der Waals surface area (Å²) in [5, 5.41) is 12.1. The zero-order valence-corrected chi connectivity index (χ0v) is 13.1. The van der Waals surface area contributed by atoms with Crippen LogP contribution in [0.25, 0.3) is 22.2 Å². The summed E-state index contributed by atoms with van der Waals surface area (Å²) in [6.45, 7) is 0.139. The first-order valence-corrected chi connectivity index (χ1v) is 7.77. The van der Waals surface area contributed by atoms with Crippen molar-refractivity contribution >= 4 is 22.8 Å². The second kappa shape index (κ2) is 7.00. The molecule has 0 spiro atoms. The quantitative estimate of drug-likeness (QED) is 0.733. The number of carbonyl (C=O) groups is 2. The summed E-state index contributed by atoms with van der Waals surface area (Å²) in [5.41, 5.74) is 3.19. The van der Waals surface area contributed by atoms with E-state index < -0.39 is 5.97 Å². The Balaban J connectivity index is 1.88. The van der Waals surface area contributed by atoms with Crippen molar-refractivity contribution in [1.82, 2.24) is 9.88 Å². The van der Waals surface area contributed by atoms with Gasteiger partial charge in [0.1, 0.15) is 6.54 Å². The number of nitrogens with zero attached hydrogens (tertiary/aromatic N) is 1. The predicted molar refractivity (Wildman–Crippen MR) is 92.6 cm³/mol. The Morgan fingerprint density at radius 2 is 1.71 bits per heavy atom. The van der Waals surface area contributed by atoms with Crippen LogP contribution in [0.4, 0.5) is 0 Å². The molecule has 1 aromatic heterocycles. The topological polar surface area (TPSA) is 71.3 Å². The molecule has 122 valence electrons. The number of nitrogens with one attached hydrogen (secondary N) is 1. The molecule has 0 radical (unpaired) electrons. The van der Waals surface area contributed by atoms with Crippen molar-refractivity contribution in [2.75, 3.05) is 6.54 Å². The Hall–Kier alpha value is -3.08. The Bertz CT molecular complexity index is 869. The smallest absolute Gasteiger partial charge is 0.322 e. The number of benzene rings is 2. The van der Waals surface area contributed by atoms with Crippen LogP contribution in [0.2, 0.25) is 0 Å². The molecule has 1 amide bonds. The first-order valence-electron chi connectivity index (χ1n) is 7.77. The monoisotopic (exact) mass is 322 g/mol. The van der Waals surface area contributed by atoms with E-state index in [-0.39, 0.29) is 18.9 Å². The van der Waals surface area contributed by atoms with Gasteiger partial charge in [0.05, 0.1) is 0 Å². The van der Waals surface area contributed by atoms with Crippen LogP contribution in [0.3, 0.4) is 0 Å². The standard InChI is InChI=1S/C19H18N2O3/c22-18(20-13-19(23)24)10-11-21-16-9-5-4-8-15(16)12-17(21)14-6-2-1-3-7-14/h1-9,12H,10-11,13H2,(H,20,22)(H,23,24). The molecule has 0 bridgehead atoms. The number of aromatic nitrogens is 1. The van der Waals surface area contributed by atoms with Crippen LogP contribution in [-0.4, -0.2) is 28.1 Å². The predicted octanol–water partition coefficient (Wildman–Crippen LogP) is 2.90. The summed E-state index contributed by atoms with van der Waals surface area (Å²) >= 11 is 0. The maximum absolute atomic E-state index is 11.8. The number of aliphatic carboxylic acids is 1. The number of amides is 1. The first kappa shape index (κ1) is 15.8. The van der Waals surface area contributed by atoms with Crippen LogP contribution in [0.15, 0.2) is 60.7 Å². The summed E-state index contributed by atoms with van der Waals surface area (Å²) in [4.78, 5) is 22.4. The summed E-state index contributed by atoms with van der Waals surface area (Å²) in [6.07, 6.45) is 0.228. The van der Waals surface area contributed by atoms with Gasteiger partial charge in [0.15, 0.2) is 0 Å². The van der Waals surface area contributed by atoms with E-state index in [2.05, 4.69) is 16.0 Å². The number of aryl methyl sites for hydroxylation is 1. The van der Waals surface area contributed by atoms with Crippen molar-refractivity contribution in [3.8, 4) is 11.3 Å². The second-order valence-corrected chi connectivity index (χ2v) is 5.53. The number of fused-ring (bicyclic) bond motifs is 1. The third-order valence-electron chi connectivity index (χ3n) is 3.88. The fourth-order valence-corrected chi connectivity index (χ4v) is 2.78. The third-order valence-corrected chi connectivity index (χ3v) is 3.88. The van der Waals surface area contributed by atoms with Gasteiger partial charge in [-0.2, -0.15) is 0 Å². The molecule has 3 rings (SSSR count). The molecule has 0 saturated heterocycles. The van der Waals surface area contributed by atoms with Gasteiger partial charge in [-0.3, -0.25) is 9.59 Å². The number of carboxylic acid groups (broad SMARTS) is 1. The molecule has 5 nitrogen and oxygen atoms in total. The van der Waals surface area contributed by atoms with Gasteiger partial charge in [0.2, 0.25) is 5.91 Å². The van der Waals surface area contributed by atoms with E-state index in [0.717, 1.165) is 22.2 Å². The SMILES string of the molecule is O=C(O)CNC(=O)CCn1c(-c2ccccc2)cc2ccccc21. The van der Waals surface area contributed by atoms with E-state index in [0.29, 0.717) is 6.54 Å². The van der Waals surface area contributed by atoms with Gasteiger partial charge >= 0.3 is 5.97 Å². The minimum atomic E-state index is -1.04. The summed E-state index contributed by atoms with van der Waals surface area (Å²) in [7, 11) is 0. The van der Waals surface area contributed by atoms with E-state index in [4.69, 9.17) is 5.11 Å². The normalized spacial score (nSPS) is 10.7. The highest BCUT2D eigenvalue weighted by Gasteiger charge is 2.12. The molecule has 1 heterocycles. The van der Waals surface area contributed by atoms with Gasteiger partial charge in [-0.25, -0.2) is 0 Å². The maximum atomic E-state index is 11.8. The molecule has 24 heavy (non-hydrogen) atoms. The van der Waals surface area contributed by atoms with E-state index in [1.807, 2.05) is 54.6 Å². The lowest BCUT2D eigenvalue weighted by molar-refractivity contribution is -0.137. The number of carboxylic acids is 1. The third kappa shape index (κ3) is 3.46. The lowest BCUT2D eigenvalue weighted by atomic mass is 10.1. The summed E-state index contributed by atoms with van der Waals surface area (Å²) in [6, 6.07) is 20.1. The molecule has 0 saturated carbocycles. The van der Waals surface area contributed by atoms with Crippen LogP contribution >= 0.6 is 0 Å². The van der Waals surface area contributed by atoms with E-state index in [9.17, 15) is 9.59 Å². The highest BCUT2D eigenvalue weighted by Crippen LogP contribution is 2.28. The lowest BCUT2D eigenvalue weighted by Gasteiger charge is -2.11. The van der Waals surface area contributed by atoms with Crippen LogP contribution in [0.5, 0.6) is 0 Å². The number of carbonyl (C=O) groups excluding carboxylic acids is 1. The number of hydrogen-bond acceptors (Lipinski definition) is 2. The van der Waals surface area contributed by atoms with Gasteiger partial charge in [-0.1, -0.05) is 48.5 Å². The highest BCUT2D eigenvalue weighted by molar-refractivity contribution is 5.87. The van der Waals surface area contributed by atoms with Crippen molar-refractivity contribution < 1.29 is 14.7 Å². The fourth-order valence-electron chi connectivity index (χ4n) is 2.78. The van der Waals surface area contributed by atoms with Gasteiger partial charge in [-0.15, -0.1) is 0 Å². The van der Waals surface area contributed by atoms with Crippen LogP contribution < -0.4 is 5.32 Å². The molecule has 0 fully saturated rings. The molecule has 5 heteroatoms. The van der Waals surface area contributed by atoms with E-state index in [1.165, 1.54) is 0 Å². The summed E-state index contributed by atoms with van der Waals surface area (Å²) in [5.74, 6) is -1.31. The molecule has 0 unspecified atom stereocenters. The molecule has 3 aromatic rings. The average Bonchev–Trinajstić information content (AvgIpc) is 2.97. The van der Waals surface area contributed by atoms with Crippen LogP contribution in [-0.2, 0) is 16.1 Å². The minimum Gasteiger partial charge on any atom is -0.480 e. The van der Waals surface area contributed by atoms with Crippen LogP contribution in [0.1, 0.15) is 6.42 Å². The Labute approximate surface area is 139 Å². The van der Waals surface area contributed by atoms with Crippen molar-refractivity contribution in [2.45, 2.75) is 13.0 Å². The van der Waals surface area contributed by atoms with Gasteiger partial charge in [-0.05, 0) is 17.7 Å². The zero-order valence-electron chi connectivity index (χ0n) is 13.1. The van der Waals surface area contributed by atoms with Crippen molar-refractivity contribution in [3.05, 3.63) is 60.7 Å². The van der Waals surface area contributed by atoms with Gasteiger partial charge in [0, 0.05) is 29.6 Å².